The molecule has 1 heterocycles. The number of H-pyrrole nitrogens is 1. The number of nitrogens with zero attached hydrogens (tertiary/aromatic N) is 2. The van der Waals surface area contributed by atoms with Gasteiger partial charge in [-0.15, -0.1) is 0 Å². The minimum Gasteiger partial charge on any atom is -0.313 e. The van der Waals surface area contributed by atoms with Crippen molar-refractivity contribution in [3.05, 3.63) is 12.2 Å². The van der Waals surface area contributed by atoms with Crippen LogP contribution in [0.1, 0.15) is 33.5 Å². The Morgan fingerprint density at radius 3 is 2.71 bits per heavy atom. The first-order valence-corrected chi connectivity index (χ1v) is 5.08. The molecule has 1 aromatic rings. The molecular weight excluding hydrogens is 176 g/mol. The van der Waals surface area contributed by atoms with Crippen molar-refractivity contribution >= 4 is 0 Å². The SMILES string of the molecule is CC(NCCc1ncn[nH]1)C(C)(C)C. The first-order valence-electron chi connectivity index (χ1n) is 5.08. The summed E-state index contributed by atoms with van der Waals surface area (Å²) < 4.78 is 0. The summed E-state index contributed by atoms with van der Waals surface area (Å²) in [6.07, 6.45) is 2.45. The first-order chi connectivity index (χ1) is 6.50. The Balaban J connectivity index is 2.22. The monoisotopic (exact) mass is 196 g/mol. The van der Waals surface area contributed by atoms with Crippen LogP contribution in [0.5, 0.6) is 0 Å². The van der Waals surface area contributed by atoms with Gasteiger partial charge < -0.3 is 5.32 Å². The quantitative estimate of drug-likeness (QED) is 0.764. The third-order valence-electron chi connectivity index (χ3n) is 2.58. The number of nitrogens with one attached hydrogen (secondary N) is 2. The van der Waals surface area contributed by atoms with Gasteiger partial charge in [-0.2, -0.15) is 5.10 Å². The fourth-order valence-corrected chi connectivity index (χ4v) is 1.06. The molecule has 0 amide bonds. The minimum absolute atomic E-state index is 0.307. The topological polar surface area (TPSA) is 53.6 Å². The van der Waals surface area contributed by atoms with Crippen LogP contribution in [0.2, 0.25) is 0 Å². The van der Waals surface area contributed by atoms with Crippen LogP contribution in [-0.2, 0) is 6.42 Å². The van der Waals surface area contributed by atoms with Gasteiger partial charge in [-0.1, -0.05) is 20.8 Å². The highest BCUT2D eigenvalue weighted by Crippen LogP contribution is 2.18. The zero-order valence-corrected chi connectivity index (χ0v) is 9.46. The molecule has 14 heavy (non-hydrogen) atoms. The van der Waals surface area contributed by atoms with Crippen LogP contribution in [0.3, 0.4) is 0 Å². The summed E-state index contributed by atoms with van der Waals surface area (Å²) in [7, 11) is 0. The van der Waals surface area contributed by atoms with E-state index in [0.29, 0.717) is 11.5 Å². The number of aromatic amines is 1. The van der Waals surface area contributed by atoms with E-state index in [1.54, 1.807) is 6.33 Å². The molecule has 80 valence electrons. The van der Waals surface area contributed by atoms with Crippen LogP contribution in [0.4, 0.5) is 0 Å². The van der Waals surface area contributed by atoms with Crippen molar-refractivity contribution in [1.29, 1.82) is 0 Å². The van der Waals surface area contributed by atoms with Crippen molar-refractivity contribution in [2.24, 2.45) is 5.41 Å². The average Bonchev–Trinajstić information content (AvgIpc) is 2.55. The molecule has 0 aliphatic carbocycles. The second kappa shape index (κ2) is 4.55. The predicted molar refractivity (Wildman–Crippen MR) is 57.0 cm³/mol. The maximum absolute atomic E-state index is 4.07. The van der Waals surface area contributed by atoms with E-state index in [9.17, 15) is 0 Å². The molecule has 0 aliphatic heterocycles. The molecule has 0 saturated heterocycles. The van der Waals surface area contributed by atoms with Crippen molar-refractivity contribution in [3.8, 4) is 0 Å². The Bertz CT molecular complexity index is 248. The Hall–Kier alpha value is -0.900. The summed E-state index contributed by atoms with van der Waals surface area (Å²) in [6.45, 7) is 9.85. The second-order valence-electron chi connectivity index (χ2n) is 4.72. The van der Waals surface area contributed by atoms with Crippen molar-refractivity contribution in [2.75, 3.05) is 6.54 Å². The molecule has 4 heteroatoms. The van der Waals surface area contributed by atoms with Crippen LogP contribution in [0.15, 0.2) is 6.33 Å². The van der Waals surface area contributed by atoms with Gasteiger partial charge in [-0.25, -0.2) is 4.98 Å². The largest absolute Gasteiger partial charge is 0.313 e. The Morgan fingerprint density at radius 1 is 1.50 bits per heavy atom. The lowest BCUT2D eigenvalue weighted by Gasteiger charge is -2.28. The van der Waals surface area contributed by atoms with Crippen molar-refractivity contribution < 1.29 is 0 Å². The summed E-state index contributed by atoms with van der Waals surface area (Å²) in [4.78, 5) is 4.07. The molecule has 1 aromatic heterocycles. The molecule has 0 bridgehead atoms. The van der Waals surface area contributed by atoms with Crippen molar-refractivity contribution in [2.45, 2.75) is 40.2 Å². The Labute approximate surface area is 85.5 Å². The lowest BCUT2D eigenvalue weighted by molar-refractivity contribution is 0.287. The standard InChI is InChI=1S/C10H20N4/c1-8(10(2,3)4)11-6-5-9-12-7-13-14-9/h7-8,11H,5-6H2,1-4H3,(H,12,13,14). The van der Waals surface area contributed by atoms with Crippen LogP contribution in [-0.4, -0.2) is 27.8 Å². The van der Waals surface area contributed by atoms with E-state index in [2.05, 4.69) is 48.2 Å². The van der Waals surface area contributed by atoms with Crippen LogP contribution in [0.25, 0.3) is 0 Å². The zero-order valence-electron chi connectivity index (χ0n) is 9.46. The number of rotatable bonds is 4. The Kier molecular flexibility index (Phi) is 3.63. The summed E-state index contributed by atoms with van der Waals surface area (Å²) in [6, 6.07) is 0.505. The molecule has 0 radical (unpaired) electrons. The van der Waals surface area contributed by atoms with E-state index in [4.69, 9.17) is 0 Å². The summed E-state index contributed by atoms with van der Waals surface area (Å²) >= 11 is 0. The molecular formula is C10H20N4. The first kappa shape index (κ1) is 11.2. The summed E-state index contributed by atoms with van der Waals surface area (Å²) in [5.41, 5.74) is 0.307. The molecule has 1 rings (SSSR count). The van der Waals surface area contributed by atoms with E-state index in [1.165, 1.54) is 0 Å². The fourth-order valence-electron chi connectivity index (χ4n) is 1.06. The molecule has 0 spiro atoms. The van der Waals surface area contributed by atoms with E-state index >= 15 is 0 Å². The summed E-state index contributed by atoms with van der Waals surface area (Å²) in [5, 5.41) is 10.1. The second-order valence-corrected chi connectivity index (χ2v) is 4.72. The lowest BCUT2D eigenvalue weighted by Crippen LogP contribution is -2.38. The molecule has 0 aliphatic rings. The normalized spacial score (nSPS) is 14.3. The van der Waals surface area contributed by atoms with Crippen LogP contribution >= 0.6 is 0 Å². The molecule has 0 fully saturated rings. The van der Waals surface area contributed by atoms with Crippen LogP contribution < -0.4 is 5.32 Å². The van der Waals surface area contributed by atoms with E-state index < -0.39 is 0 Å². The van der Waals surface area contributed by atoms with Gasteiger partial charge in [0, 0.05) is 19.0 Å². The van der Waals surface area contributed by atoms with E-state index in [1.807, 2.05) is 0 Å². The van der Waals surface area contributed by atoms with Crippen molar-refractivity contribution in [3.63, 3.8) is 0 Å². The highest BCUT2D eigenvalue weighted by atomic mass is 15.2. The molecule has 0 saturated carbocycles. The molecule has 4 nitrogen and oxygen atoms in total. The highest BCUT2D eigenvalue weighted by molar-refractivity contribution is 4.83. The van der Waals surface area contributed by atoms with Gasteiger partial charge in [0.25, 0.3) is 0 Å². The fraction of sp³-hybridized carbons (Fsp3) is 0.800. The number of hydrogen-bond acceptors (Lipinski definition) is 3. The van der Waals surface area contributed by atoms with Gasteiger partial charge in [-0.05, 0) is 12.3 Å². The van der Waals surface area contributed by atoms with E-state index in [-0.39, 0.29) is 0 Å². The zero-order chi connectivity index (χ0) is 10.6. The average molecular weight is 196 g/mol. The van der Waals surface area contributed by atoms with Gasteiger partial charge in [0.15, 0.2) is 0 Å². The van der Waals surface area contributed by atoms with Gasteiger partial charge >= 0.3 is 0 Å². The minimum atomic E-state index is 0.307. The third-order valence-corrected chi connectivity index (χ3v) is 2.58. The number of hydrogen-bond donors (Lipinski definition) is 2. The Morgan fingerprint density at radius 2 is 2.21 bits per heavy atom. The lowest BCUT2D eigenvalue weighted by atomic mass is 9.88. The molecule has 1 atom stereocenters. The third kappa shape index (κ3) is 3.46. The maximum Gasteiger partial charge on any atom is 0.137 e. The van der Waals surface area contributed by atoms with Gasteiger partial charge in [0.1, 0.15) is 12.2 Å². The molecule has 1 unspecified atom stereocenters. The van der Waals surface area contributed by atoms with Crippen LogP contribution in [0, 0.1) is 5.41 Å². The number of aromatic nitrogens is 3. The predicted octanol–water partition coefficient (Wildman–Crippen LogP) is 1.37. The molecule has 0 aromatic carbocycles. The van der Waals surface area contributed by atoms with Crippen molar-refractivity contribution in [1.82, 2.24) is 20.5 Å². The van der Waals surface area contributed by atoms with Gasteiger partial charge in [-0.3, -0.25) is 5.10 Å². The summed E-state index contributed by atoms with van der Waals surface area (Å²) in [5.74, 6) is 0.943. The molecule has 2 N–H and O–H groups in total. The maximum atomic E-state index is 4.07. The van der Waals surface area contributed by atoms with E-state index in [0.717, 1.165) is 18.8 Å². The highest BCUT2D eigenvalue weighted by Gasteiger charge is 2.18. The van der Waals surface area contributed by atoms with Gasteiger partial charge in [0.2, 0.25) is 0 Å². The smallest absolute Gasteiger partial charge is 0.137 e. The van der Waals surface area contributed by atoms with Gasteiger partial charge in [0.05, 0.1) is 0 Å².